The molecule has 0 fully saturated rings. The van der Waals surface area contributed by atoms with Crippen molar-refractivity contribution < 1.29 is 4.57 Å². The van der Waals surface area contributed by atoms with Crippen LogP contribution in [0.2, 0.25) is 0 Å². The van der Waals surface area contributed by atoms with Crippen molar-refractivity contribution in [1.82, 2.24) is 4.57 Å². The summed E-state index contributed by atoms with van der Waals surface area (Å²) in [6.07, 6.45) is 18.1. The lowest BCUT2D eigenvalue weighted by Crippen LogP contribution is -2.37. The van der Waals surface area contributed by atoms with Crippen LogP contribution in [-0.2, 0) is 13.0 Å². The van der Waals surface area contributed by atoms with E-state index in [1.165, 1.54) is 69.2 Å². The minimum atomic E-state index is 0.512. The normalized spacial score (nSPS) is 11.4. The molecule has 0 aliphatic carbocycles. The van der Waals surface area contributed by atoms with Gasteiger partial charge in [0.25, 0.3) is 5.82 Å². The van der Waals surface area contributed by atoms with Crippen molar-refractivity contribution >= 4 is 0 Å². The van der Waals surface area contributed by atoms with Gasteiger partial charge in [-0.05, 0) is 32.3 Å². The van der Waals surface area contributed by atoms with Gasteiger partial charge in [-0.3, -0.25) is 0 Å². The monoisotopic (exact) mass is 355 g/mol. The van der Waals surface area contributed by atoms with Crippen LogP contribution in [0.4, 0.5) is 0 Å². The molecule has 0 saturated carbocycles. The second-order valence-corrected chi connectivity index (χ2v) is 7.90. The SMILES string of the molecule is CCCCCCCCCCC[n+]1ccn(C(C)C)c1Cc1ccccc1. The molecule has 2 nitrogen and oxygen atoms in total. The maximum Gasteiger partial charge on any atom is 0.261 e. The van der Waals surface area contributed by atoms with E-state index in [1.54, 1.807) is 0 Å². The summed E-state index contributed by atoms with van der Waals surface area (Å²) in [6.45, 7) is 7.99. The van der Waals surface area contributed by atoms with Crippen LogP contribution in [0.3, 0.4) is 0 Å². The van der Waals surface area contributed by atoms with Crippen LogP contribution in [0.25, 0.3) is 0 Å². The maximum absolute atomic E-state index is 2.48. The second kappa shape index (κ2) is 11.9. The third-order valence-electron chi connectivity index (χ3n) is 5.30. The van der Waals surface area contributed by atoms with Crippen LogP contribution < -0.4 is 4.57 Å². The molecule has 0 amide bonds. The summed E-state index contributed by atoms with van der Waals surface area (Å²) in [6, 6.07) is 11.4. The Balaban J connectivity index is 1.79. The number of nitrogens with zero attached hydrogens (tertiary/aromatic N) is 2. The van der Waals surface area contributed by atoms with Crippen molar-refractivity contribution in [2.24, 2.45) is 0 Å². The average molecular weight is 356 g/mol. The van der Waals surface area contributed by atoms with Gasteiger partial charge in [-0.15, -0.1) is 0 Å². The molecule has 2 aromatic rings. The minimum absolute atomic E-state index is 0.512. The molecule has 0 spiro atoms. The van der Waals surface area contributed by atoms with Crippen molar-refractivity contribution in [2.75, 3.05) is 0 Å². The molecule has 0 radical (unpaired) electrons. The van der Waals surface area contributed by atoms with Gasteiger partial charge in [0.05, 0.1) is 19.0 Å². The number of aromatic nitrogens is 2. The van der Waals surface area contributed by atoms with Crippen LogP contribution in [0, 0.1) is 0 Å². The lowest BCUT2D eigenvalue weighted by atomic mass is 10.1. The maximum atomic E-state index is 2.48. The number of aryl methyl sites for hydroxylation is 1. The van der Waals surface area contributed by atoms with Gasteiger partial charge < -0.3 is 0 Å². The first-order valence-electron chi connectivity index (χ1n) is 10.9. The van der Waals surface area contributed by atoms with E-state index in [-0.39, 0.29) is 0 Å². The van der Waals surface area contributed by atoms with Gasteiger partial charge in [-0.25, -0.2) is 9.13 Å². The van der Waals surface area contributed by atoms with Crippen molar-refractivity contribution in [1.29, 1.82) is 0 Å². The van der Waals surface area contributed by atoms with E-state index in [4.69, 9.17) is 0 Å². The summed E-state index contributed by atoms with van der Waals surface area (Å²) in [7, 11) is 0. The van der Waals surface area contributed by atoms with E-state index >= 15 is 0 Å². The Morgan fingerprint density at radius 1 is 0.846 bits per heavy atom. The van der Waals surface area contributed by atoms with E-state index in [2.05, 4.69) is 72.6 Å². The Morgan fingerprint density at radius 2 is 1.46 bits per heavy atom. The van der Waals surface area contributed by atoms with Crippen LogP contribution >= 0.6 is 0 Å². The van der Waals surface area contributed by atoms with Gasteiger partial charge in [0.2, 0.25) is 0 Å². The number of rotatable bonds is 13. The first-order chi connectivity index (χ1) is 12.7. The Labute approximate surface area is 161 Å². The van der Waals surface area contributed by atoms with Crippen LogP contribution in [0.5, 0.6) is 0 Å². The van der Waals surface area contributed by atoms with E-state index in [9.17, 15) is 0 Å². The number of hydrogen-bond donors (Lipinski definition) is 0. The number of unbranched alkanes of at least 4 members (excludes halogenated alkanes) is 8. The number of benzene rings is 1. The molecule has 0 aliphatic heterocycles. The van der Waals surface area contributed by atoms with Crippen LogP contribution in [0.1, 0.15) is 96.0 Å². The van der Waals surface area contributed by atoms with Gasteiger partial charge in [0.15, 0.2) is 0 Å². The van der Waals surface area contributed by atoms with Gasteiger partial charge in [0, 0.05) is 0 Å². The summed E-state index contributed by atoms with van der Waals surface area (Å²) in [5.74, 6) is 1.44. The molecule has 26 heavy (non-hydrogen) atoms. The molecule has 0 bridgehead atoms. The molecule has 1 aromatic carbocycles. The molecule has 2 heteroatoms. The zero-order chi connectivity index (χ0) is 18.6. The molecule has 0 atom stereocenters. The molecule has 0 N–H and O–H groups in total. The van der Waals surface area contributed by atoms with Crippen molar-refractivity contribution in [3.05, 3.63) is 54.1 Å². The second-order valence-electron chi connectivity index (χ2n) is 7.90. The predicted octanol–water partition coefficient (Wildman–Crippen LogP) is 6.48. The zero-order valence-electron chi connectivity index (χ0n) is 17.3. The molecular formula is C24H39N2+. The lowest BCUT2D eigenvalue weighted by molar-refractivity contribution is -0.704. The van der Waals surface area contributed by atoms with Crippen LogP contribution in [0.15, 0.2) is 42.7 Å². The lowest BCUT2D eigenvalue weighted by Gasteiger charge is -2.08. The zero-order valence-corrected chi connectivity index (χ0v) is 17.3. The minimum Gasteiger partial charge on any atom is -0.234 e. The highest BCUT2D eigenvalue weighted by Gasteiger charge is 2.19. The van der Waals surface area contributed by atoms with Crippen LogP contribution in [-0.4, -0.2) is 4.57 Å². The van der Waals surface area contributed by atoms with Gasteiger partial charge in [-0.2, -0.15) is 0 Å². The Morgan fingerprint density at radius 3 is 2.08 bits per heavy atom. The Hall–Kier alpha value is -1.57. The molecule has 1 aromatic heterocycles. The molecule has 0 unspecified atom stereocenters. The largest absolute Gasteiger partial charge is 0.261 e. The molecule has 144 valence electrons. The number of imidazole rings is 1. The van der Waals surface area contributed by atoms with E-state index in [1.807, 2.05) is 0 Å². The third-order valence-corrected chi connectivity index (χ3v) is 5.30. The quantitative estimate of drug-likeness (QED) is 0.287. The molecule has 0 aliphatic rings. The van der Waals surface area contributed by atoms with Crippen molar-refractivity contribution in [2.45, 2.75) is 97.6 Å². The number of hydrogen-bond acceptors (Lipinski definition) is 0. The molecule has 1 heterocycles. The highest BCUT2D eigenvalue weighted by atomic mass is 15.2. The molecule has 2 rings (SSSR count). The van der Waals surface area contributed by atoms with E-state index in [0.29, 0.717) is 6.04 Å². The summed E-state index contributed by atoms with van der Waals surface area (Å²) in [5, 5.41) is 0. The Bertz CT molecular complexity index is 598. The third kappa shape index (κ3) is 6.97. The molecule has 0 saturated heterocycles. The first-order valence-corrected chi connectivity index (χ1v) is 10.9. The van der Waals surface area contributed by atoms with E-state index in [0.717, 1.165) is 13.0 Å². The highest BCUT2D eigenvalue weighted by molar-refractivity contribution is 5.18. The van der Waals surface area contributed by atoms with Gasteiger partial charge >= 0.3 is 0 Å². The topological polar surface area (TPSA) is 8.81 Å². The fourth-order valence-electron chi connectivity index (χ4n) is 3.71. The van der Waals surface area contributed by atoms with E-state index < -0.39 is 0 Å². The predicted molar refractivity (Wildman–Crippen MR) is 111 cm³/mol. The van der Waals surface area contributed by atoms with Crippen molar-refractivity contribution in [3.8, 4) is 0 Å². The fraction of sp³-hybridized carbons (Fsp3) is 0.625. The average Bonchev–Trinajstić information content (AvgIpc) is 3.04. The first kappa shape index (κ1) is 20.7. The van der Waals surface area contributed by atoms with Gasteiger partial charge in [-0.1, -0.05) is 82.2 Å². The Kier molecular flexibility index (Phi) is 9.52. The highest BCUT2D eigenvalue weighted by Crippen LogP contribution is 2.13. The van der Waals surface area contributed by atoms with Crippen molar-refractivity contribution in [3.63, 3.8) is 0 Å². The summed E-state index contributed by atoms with van der Waals surface area (Å²) >= 11 is 0. The summed E-state index contributed by atoms with van der Waals surface area (Å²) < 4.78 is 4.91. The molecular weight excluding hydrogens is 316 g/mol. The fourth-order valence-corrected chi connectivity index (χ4v) is 3.71. The van der Waals surface area contributed by atoms with Gasteiger partial charge in [0.1, 0.15) is 12.4 Å². The summed E-state index contributed by atoms with van der Waals surface area (Å²) in [5.41, 5.74) is 1.40. The summed E-state index contributed by atoms with van der Waals surface area (Å²) in [4.78, 5) is 0. The standard InChI is InChI=1S/C24H39N2/c1-4-5-6-7-8-9-10-11-15-18-25-19-20-26(22(2)3)24(25)21-23-16-13-12-14-17-23/h12-14,16-17,19-20,22H,4-11,15,18,21H2,1-3H3/q+1. The smallest absolute Gasteiger partial charge is 0.234 e.